The molecule has 1 atom stereocenters. The van der Waals surface area contributed by atoms with Gasteiger partial charge in [-0.3, -0.25) is 9.59 Å². The van der Waals surface area contributed by atoms with Gasteiger partial charge in [-0.25, -0.2) is 0 Å². The van der Waals surface area contributed by atoms with E-state index in [1.165, 1.54) is 11.1 Å². The number of benzene rings is 2. The highest BCUT2D eigenvalue weighted by Crippen LogP contribution is 2.23. The third kappa shape index (κ3) is 3.79. The first-order valence-electron chi connectivity index (χ1n) is 9.28. The molecule has 4 heteroatoms. The van der Waals surface area contributed by atoms with Crippen molar-refractivity contribution in [1.29, 1.82) is 0 Å². The average Bonchev–Trinajstić information content (AvgIpc) is 3.08. The molecule has 1 fully saturated rings. The third-order valence-electron chi connectivity index (χ3n) is 5.16. The molecule has 0 radical (unpaired) electrons. The Balaban J connectivity index is 1.71. The second-order valence-corrected chi connectivity index (χ2v) is 6.97. The van der Waals surface area contributed by atoms with Gasteiger partial charge < -0.3 is 10.2 Å². The topological polar surface area (TPSA) is 49.4 Å². The van der Waals surface area contributed by atoms with Crippen molar-refractivity contribution in [2.45, 2.75) is 46.1 Å². The maximum Gasteiger partial charge on any atom is 0.251 e. The Morgan fingerprint density at radius 3 is 2.42 bits per heavy atom. The monoisotopic (exact) mass is 350 g/mol. The average molecular weight is 350 g/mol. The van der Waals surface area contributed by atoms with Crippen molar-refractivity contribution >= 4 is 17.5 Å². The Hall–Kier alpha value is -2.62. The summed E-state index contributed by atoms with van der Waals surface area (Å²) in [4.78, 5) is 26.3. The van der Waals surface area contributed by atoms with Gasteiger partial charge in [-0.05, 0) is 67.6 Å². The molecule has 1 saturated heterocycles. The van der Waals surface area contributed by atoms with E-state index in [-0.39, 0.29) is 17.9 Å². The second-order valence-electron chi connectivity index (χ2n) is 6.97. The molecule has 1 heterocycles. The summed E-state index contributed by atoms with van der Waals surface area (Å²) >= 11 is 0. The first-order valence-corrected chi connectivity index (χ1v) is 9.28. The van der Waals surface area contributed by atoms with E-state index < -0.39 is 0 Å². The predicted molar refractivity (Wildman–Crippen MR) is 104 cm³/mol. The number of anilines is 1. The number of nitrogens with zero attached hydrogens (tertiary/aromatic N) is 1. The van der Waals surface area contributed by atoms with Crippen molar-refractivity contribution in [1.82, 2.24) is 5.32 Å². The largest absolute Gasteiger partial charge is 0.345 e. The number of rotatable bonds is 5. The van der Waals surface area contributed by atoms with Crippen LogP contribution in [0, 0.1) is 13.8 Å². The summed E-state index contributed by atoms with van der Waals surface area (Å²) in [6, 6.07) is 13.6. The van der Waals surface area contributed by atoms with Crippen LogP contribution in [-0.4, -0.2) is 18.4 Å². The Bertz CT molecular complexity index is 811. The van der Waals surface area contributed by atoms with E-state index in [1.807, 2.05) is 12.1 Å². The number of aryl methyl sites for hydroxylation is 2. The molecule has 1 aliphatic rings. The van der Waals surface area contributed by atoms with Crippen LogP contribution in [0.25, 0.3) is 0 Å². The maximum absolute atomic E-state index is 12.6. The van der Waals surface area contributed by atoms with Crippen molar-refractivity contribution in [3.63, 3.8) is 0 Å². The molecule has 1 unspecified atom stereocenters. The van der Waals surface area contributed by atoms with Gasteiger partial charge >= 0.3 is 0 Å². The van der Waals surface area contributed by atoms with Crippen LogP contribution in [0.15, 0.2) is 42.5 Å². The predicted octanol–water partition coefficient (Wildman–Crippen LogP) is 4.31. The SMILES string of the molecule is CCC(NC(=O)c1ccc(N2CCCC2=O)cc1)c1ccc(C)c(C)c1. The summed E-state index contributed by atoms with van der Waals surface area (Å²) in [6.07, 6.45) is 2.33. The Morgan fingerprint density at radius 1 is 1.12 bits per heavy atom. The van der Waals surface area contributed by atoms with E-state index in [4.69, 9.17) is 0 Å². The number of hydrogen-bond donors (Lipinski definition) is 1. The zero-order valence-corrected chi connectivity index (χ0v) is 15.7. The van der Waals surface area contributed by atoms with Crippen molar-refractivity contribution < 1.29 is 9.59 Å². The van der Waals surface area contributed by atoms with Crippen LogP contribution < -0.4 is 10.2 Å². The number of nitrogens with one attached hydrogen (secondary N) is 1. The second kappa shape index (κ2) is 7.73. The summed E-state index contributed by atoms with van der Waals surface area (Å²) in [5.74, 6) is 0.0670. The first kappa shape index (κ1) is 18.2. The van der Waals surface area contributed by atoms with Crippen molar-refractivity contribution in [3.05, 3.63) is 64.7 Å². The van der Waals surface area contributed by atoms with Gasteiger partial charge in [-0.1, -0.05) is 25.1 Å². The van der Waals surface area contributed by atoms with E-state index >= 15 is 0 Å². The van der Waals surface area contributed by atoms with Gasteiger partial charge in [0.05, 0.1) is 6.04 Å². The minimum atomic E-state index is -0.0885. The van der Waals surface area contributed by atoms with Crippen LogP contribution in [0.4, 0.5) is 5.69 Å². The lowest BCUT2D eigenvalue weighted by Crippen LogP contribution is -2.28. The van der Waals surface area contributed by atoms with E-state index in [0.717, 1.165) is 30.6 Å². The van der Waals surface area contributed by atoms with Crippen LogP contribution in [0.3, 0.4) is 0 Å². The lowest BCUT2D eigenvalue weighted by molar-refractivity contribution is -0.117. The molecule has 2 amide bonds. The number of carbonyl (C=O) groups excluding carboxylic acids is 2. The van der Waals surface area contributed by atoms with Gasteiger partial charge in [-0.2, -0.15) is 0 Å². The molecule has 1 aliphatic heterocycles. The van der Waals surface area contributed by atoms with Gasteiger partial charge in [0.1, 0.15) is 0 Å². The van der Waals surface area contributed by atoms with Gasteiger partial charge in [0, 0.05) is 24.2 Å². The summed E-state index contributed by atoms with van der Waals surface area (Å²) in [5.41, 5.74) is 5.09. The van der Waals surface area contributed by atoms with Crippen molar-refractivity contribution in [2.75, 3.05) is 11.4 Å². The van der Waals surface area contributed by atoms with Gasteiger partial charge in [0.25, 0.3) is 5.91 Å². The minimum Gasteiger partial charge on any atom is -0.345 e. The molecule has 0 spiro atoms. The molecular weight excluding hydrogens is 324 g/mol. The molecule has 1 N–H and O–H groups in total. The molecule has 0 bridgehead atoms. The molecule has 0 aliphatic carbocycles. The van der Waals surface area contributed by atoms with Crippen LogP contribution in [0.1, 0.15) is 59.3 Å². The van der Waals surface area contributed by atoms with Gasteiger partial charge in [-0.15, -0.1) is 0 Å². The molecule has 3 rings (SSSR count). The minimum absolute atomic E-state index is 0.0124. The van der Waals surface area contributed by atoms with E-state index in [9.17, 15) is 9.59 Å². The lowest BCUT2D eigenvalue weighted by Gasteiger charge is -2.19. The molecule has 0 aromatic heterocycles. The molecule has 2 aromatic carbocycles. The number of carbonyl (C=O) groups is 2. The molecule has 26 heavy (non-hydrogen) atoms. The summed E-state index contributed by atoms with van der Waals surface area (Å²) in [6.45, 7) is 7.01. The quantitative estimate of drug-likeness (QED) is 0.873. The molecule has 136 valence electrons. The maximum atomic E-state index is 12.6. The highest BCUT2D eigenvalue weighted by molar-refractivity contribution is 5.97. The Kier molecular flexibility index (Phi) is 5.40. The van der Waals surface area contributed by atoms with Crippen LogP contribution >= 0.6 is 0 Å². The smallest absolute Gasteiger partial charge is 0.251 e. The first-order chi connectivity index (χ1) is 12.5. The summed E-state index contributed by atoms with van der Waals surface area (Å²) in [7, 11) is 0. The fourth-order valence-electron chi connectivity index (χ4n) is 3.36. The highest BCUT2D eigenvalue weighted by atomic mass is 16.2. The van der Waals surface area contributed by atoms with Crippen LogP contribution in [0.2, 0.25) is 0 Å². The summed E-state index contributed by atoms with van der Waals surface area (Å²) < 4.78 is 0. The number of hydrogen-bond acceptors (Lipinski definition) is 2. The molecule has 4 nitrogen and oxygen atoms in total. The normalized spacial score (nSPS) is 15.2. The zero-order valence-electron chi connectivity index (χ0n) is 15.7. The molecule has 2 aromatic rings. The number of amides is 2. The lowest BCUT2D eigenvalue weighted by atomic mass is 9.99. The van der Waals surface area contributed by atoms with Gasteiger partial charge in [0.2, 0.25) is 5.91 Å². The van der Waals surface area contributed by atoms with Crippen molar-refractivity contribution in [3.8, 4) is 0 Å². The highest BCUT2D eigenvalue weighted by Gasteiger charge is 2.22. The van der Waals surface area contributed by atoms with E-state index in [0.29, 0.717) is 12.0 Å². The van der Waals surface area contributed by atoms with Gasteiger partial charge in [0.15, 0.2) is 0 Å². The van der Waals surface area contributed by atoms with E-state index in [2.05, 4.69) is 44.3 Å². The zero-order chi connectivity index (χ0) is 18.7. The standard InChI is InChI=1S/C22H26N2O2/c1-4-20(18-8-7-15(2)16(3)14-18)23-22(26)17-9-11-19(12-10-17)24-13-5-6-21(24)25/h7-12,14,20H,4-6,13H2,1-3H3,(H,23,26). The summed E-state index contributed by atoms with van der Waals surface area (Å²) in [5, 5.41) is 3.12. The molecular formula is C22H26N2O2. The molecule has 0 saturated carbocycles. The fourth-order valence-corrected chi connectivity index (χ4v) is 3.36. The third-order valence-corrected chi connectivity index (χ3v) is 5.16. The van der Waals surface area contributed by atoms with Crippen LogP contribution in [-0.2, 0) is 4.79 Å². The van der Waals surface area contributed by atoms with Crippen molar-refractivity contribution in [2.24, 2.45) is 0 Å². The van der Waals surface area contributed by atoms with Crippen LogP contribution in [0.5, 0.6) is 0 Å². The van der Waals surface area contributed by atoms with E-state index in [1.54, 1.807) is 17.0 Å². The fraction of sp³-hybridized carbons (Fsp3) is 0.364. The Morgan fingerprint density at radius 2 is 1.85 bits per heavy atom. The Labute approximate surface area is 155 Å².